The third kappa shape index (κ3) is 3.51. The van der Waals surface area contributed by atoms with E-state index in [0.29, 0.717) is 16.7 Å². The van der Waals surface area contributed by atoms with Crippen LogP contribution in [0.5, 0.6) is 0 Å². The van der Waals surface area contributed by atoms with E-state index in [-0.39, 0.29) is 6.04 Å². The maximum absolute atomic E-state index is 12.3. The van der Waals surface area contributed by atoms with Crippen LogP contribution in [0.4, 0.5) is 0 Å². The molecule has 1 aliphatic rings. The van der Waals surface area contributed by atoms with Gasteiger partial charge in [0.15, 0.2) is 0 Å². The quantitative estimate of drug-likeness (QED) is 0.842. The fourth-order valence-corrected chi connectivity index (χ4v) is 5.12. The summed E-state index contributed by atoms with van der Waals surface area (Å²) in [7, 11) is -3.48. The predicted octanol–water partition coefficient (Wildman–Crippen LogP) is 2.20. The average Bonchev–Trinajstić information content (AvgIpc) is 3.00. The predicted molar refractivity (Wildman–Crippen MR) is 86.1 cm³/mol. The van der Waals surface area contributed by atoms with Crippen LogP contribution in [0.25, 0.3) is 10.6 Å². The number of rotatable bonds is 6. The maximum Gasteiger partial charge on any atom is 0.250 e. The van der Waals surface area contributed by atoms with Gasteiger partial charge in [-0.2, -0.15) is 0 Å². The van der Waals surface area contributed by atoms with Gasteiger partial charge in [-0.1, -0.05) is 0 Å². The first-order valence-corrected chi connectivity index (χ1v) is 9.91. The molecule has 0 radical (unpaired) electrons. The molecule has 5 nitrogen and oxygen atoms in total. The number of aryl methyl sites for hydroxylation is 1. The van der Waals surface area contributed by atoms with E-state index in [2.05, 4.69) is 9.71 Å². The highest BCUT2D eigenvalue weighted by atomic mass is 32.2. The van der Waals surface area contributed by atoms with Gasteiger partial charge in [0.2, 0.25) is 10.0 Å². The van der Waals surface area contributed by atoms with E-state index in [1.165, 1.54) is 11.3 Å². The number of hydrogen-bond donors (Lipinski definition) is 2. The van der Waals surface area contributed by atoms with Gasteiger partial charge in [0.1, 0.15) is 4.21 Å². The number of nitrogens with zero attached hydrogens (tertiary/aromatic N) is 1. The molecule has 1 unspecified atom stereocenters. The summed E-state index contributed by atoms with van der Waals surface area (Å²) in [6, 6.07) is 3.34. The van der Waals surface area contributed by atoms with Gasteiger partial charge in [-0.3, -0.25) is 0 Å². The van der Waals surface area contributed by atoms with Crippen LogP contribution in [-0.2, 0) is 10.0 Å². The molecular weight excluding hydrogens is 326 g/mol. The molecule has 21 heavy (non-hydrogen) atoms. The molecule has 8 heteroatoms. The molecule has 0 saturated heterocycles. The van der Waals surface area contributed by atoms with Crippen molar-refractivity contribution in [3.05, 3.63) is 22.5 Å². The zero-order valence-corrected chi connectivity index (χ0v) is 14.0. The minimum atomic E-state index is -3.48. The first-order valence-electron chi connectivity index (χ1n) is 6.73. The van der Waals surface area contributed by atoms with Gasteiger partial charge in [0.05, 0.1) is 15.6 Å². The second-order valence-corrected chi connectivity index (χ2v) is 9.36. The molecule has 114 valence electrons. The van der Waals surface area contributed by atoms with E-state index >= 15 is 0 Å². The molecule has 0 aromatic carbocycles. The van der Waals surface area contributed by atoms with E-state index < -0.39 is 10.0 Å². The molecule has 1 fully saturated rings. The molecule has 0 amide bonds. The zero-order valence-electron chi connectivity index (χ0n) is 11.6. The van der Waals surface area contributed by atoms with Crippen LogP contribution in [-0.4, -0.2) is 26.0 Å². The average molecular weight is 343 g/mol. The minimum Gasteiger partial charge on any atom is -0.326 e. The Bertz CT molecular complexity index is 731. The maximum atomic E-state index is 12.3. The number of thiazole rings is 1. The van der Waals surface area contributed by atoms with E-state index in [9.17, 15) is 8.42 Å². The Kier molecular flexibility index (Phi) is 4.15. The van der Waals surface area contributed by atoms with Crippen LogP contribution >= 0.6 is 22.7 Å². The molecule has 1 aliphatic carbocycles. The minimum absolute atomic E-state index is 0.0830. The van der Waals surface area contributed by atoms with Gasteiger partial charge in [-0.15, -0.1) is 22.7 Å². The van der Waals surface area contributed by atoms with E-state index in [1.54, 1.807) is 23.5 Å². The topological polar surface area (TPSA) is 85.1 Å². The molecule has 3 rings (SSSR count). The molecular formula is C13H17N3O2S3. The molecule has 0 bridgehead atoms. The van der Waals surface area contributed by atoms with Gasteiger partial charge in [-0.25, -0.2) is 18.1 Å². The number of nitrogens with one attached hydrogen (secondary N) is 1. The Morgan fingerprint density at radius 1 is 1.48 bits per heavy atom. The van der Waals surface area contributed by atoms with Crippen molar-refractivity contribution in [2.24, 2.45) is 11.7 Å². The third-order valence-corrected chi connectivity index (χ3v) is 7.25. The van der Waals surface area contributed by atoms with Gasteiger partial charge < -0.3 is 5.73 Å². The van der Waals surface area contributed by atoms with Gasteiger partial charge in [0.25, 0.3) is 0 Å². The summed E-state index contributed by atoms with van der Waals surface area (Å²) in [4.78, 5) is 5.24. The normalized spacial score (nSPS) is 17.0. The molecule has 3 N–H and O–H groups in total. The Morgan fingerprint density at radius 3 is 2.86 bits per heavy atom. The Balaban J connectivity index is 1.71. The lowest BCUT2D eigenvalue weighted by molar-refractivity contribution is 0.549. The van der Waals surface area contributed by atoms with Crippen molar-refractivity contribution in [2.75, 3.05) is 6.54 Å². The van der Waals surface area contributed by atoms with Crippen LogP contribution in [0.15, 0.2) is 21.7 Å². The highest BCUT2D eigenvalue weighted by Crippen LogP contribution is 2.33. The summed E-state index contributed by atoms with van der Waals surface area (Å²) in [6.45, 7) is 2.23. The number of nitrogens with two attached hydrogens (primary N) is 1. The SMILES string of the molecule is Cc1nc(-c2ccc(S(=O)(=O)NCC(N)C3CC3)s2)cs1. The summed E-state index contributed by atoms with van der Waals surface area (Å²) in [6.07, 6.45) is 2.21. The first kappa shape index (κ1) is 15.1. The van der Waals surface area contributed by atoms with Crippen LogP contribution < -0.4 is 10.5 Å². The van der Waals surface area contributed by atoms with Crippen molar-refractivity contribution >= 4 is 32.7 Å². The molecule has 2 heterocycles. The van der Waals surface area contributed by atoms with Crippen LogP contribution in [0.1, 0.15) is 17.8 Å². The van der Waals surface area contributed by atoms with E-state index in [1.807, 2.05) is 12.3 Å². The van der Waals surface area contributed by atoms with Crippen molar-refractivity contribution in [1.29, 1.82) is 0 Å². The molecule has 0 spiro atoms. The molecule has 0 aliphatic heterocycles. The van der Waals surface area contributed by atoms with Crippen LogP contribution in [0.2, 0.25) is 0 Å². The van der Waals surface area contributed by atoms with Crippen molar-refractivity contribution in [3.63, 3.8) is 0 Å². The largest absolute Gasteiger partial charge is 0.326 e. The lowest BCUT2D eigenvalue weighted by Gasteiger charge is -2.10. The fraction of sp³-hybridized carbons (Fsp3) is 0.462. The van der Waals surface area contributed by atoms with Crippen molar-refractivity contribution in [1.82, 2.24) is 9.71 Å². The molecule has 1 saturated carbocycles. The Hall–Kier alpha value is -0.800. The molecule has 1 atom stereocenters. The highest BCUT2D eigenvalue weighted by molar-refractivity contribution is 7.91. The van der Waals surface area contributed by atoms with Gasteiger partial charge in [0, 0.05) is 18.0 Å². The lowest BCUT2D eigenvalue weighted by atomic mass is 10.2. The number of sulfonamides is 1. The van der Waals surface area contributed by atoms with Gasteiger partial charge >= 0.3 is 0 Å². The molecule has 2 aromatic heterocycles. The third-order valence-electron chi connectivity index (χ3n) is 3.45. The number of hydrogen-bond acceptors (Lipinski definition) is 6. The first-order chi connectivity index (χ1) is 9.95. The second kappa shape index (κ2) is 5.77. The standard InChI is InChI=1S/C13H17N3O2S3/c1-8-16-11(7-19-8)12-4-5-13(20-12)21(17,18)15-6-10(14)9-2-3-9/h4-5,7,9-10,15H,2-3,6,14H2,1H3. The van der Waals surface area contributed by atoms with E-state index in [0.717, 1.165) is 28.4 Å². The lowest BCUT2D eigenvalue weighted by Crippen LogP contribution is -2.38. The molecule has 2 aromatic rings. The van der Waals surface area contributed by atoms with Crippen molar-refractivity contribution in [3.8, 4) is 10.6 Å². The van der Waals surface area contributed by atoms with E-state index in [4.69, 9.17) is 5.73 Å². The van der Waals surface area contributed by atoms with Crippen molar-refractivity contribution in [2.45, 2.75) is 30.0 Å². The number of aromatic nitrogens is 1. The van der Waals surface area contributed by atoms with Crippen LogP contribution in [0, 0.1) is 12.8 Å². The summed E-state index contributed by atoms with van der Waals surface area (Å²) in [5.74, 6) is 0.476. The fourth-order valence-electron chi connectivity index (χ4n) is 2.05. The second-order valence-electron chi connectivity index (χ2n) is 5.22. The Labute approximate surface area is 132 Å². The number of thiophene rings is 1. The zero-order chi connectivity index (χ0) is 15.0. The highest BCUT2D eigenvalue weighted by Gasteiger charge is 2.29. The summed E-state index contributed by atoms with van der Waals surface area (Å²) in [5, 5.41) is 2.91. The summed E-state index contributed by atoms with van der Waals surface area (Å²) in [5.41, 5.74) is 6.76. The van der Waals surface area contributed by atoms with Crippen LogP contribution in [0.3, 0.4) is 0 Å². The monoisotopic (exact) mass is 343 g/mol. The smallest absolute Gasteiger partial charge is 0.250 e. The van der Waals surface area contributed by atoms with Gasteiger partial charge in [-0.05, 0) is 37.8 Å². The summed E-state index contributed by atoms with van der Waals surface area (Å²) < 4.78 is 27.4. The summed E-state index contributed by atoms with van der Waals surface area (Å²) >= 11 is 2.79. The Morgan fingerprint density at radius 2 is 2.24 bits per heavy atom. The van der Waals surface area contributed by atoms with Crippen molar-refractivity contribution < 1.29 is 8.42 Å².